The van der Waals surface area contributed by atoms with Crippen molar-refractivity contribution < 1.29 is 4.79 Å². The lowest BCUT2D eigenvalue weighted by Gasteiger charge is -2.33. The summed E-state index contributed by atoms with van der Waals surface area (Å²) in [5, 5.41) is 12.5. The first-order chi connectivity index (χ1) is 15.2. The van der Waals surface area contributed by atoms with Crippen molar-refractivity contribution in [2.45, 2.75) is 16.4 Å². The van der Waals surface area contributed by atoms with Crippen LogP contribution in [0.4, 0.5) is 5.69 Å². The molecule has 1 aliphatic rings. The fraction of sp³-hybridized carbons (Fsp3) is 0.0870. The molecular formula is C23H18ClN5OS. The Morgan fingerprint density at radius 3 is 2.32 bits per heavy atom. The van der Waals surface area contributed by atoms with E-state index in [0.29, 0.717) is 21.7 Å². The molecule has 0 fully saturated rings. The Bertz CT molecular complexity index is 1200. The third-order valence-corrected chi connectivity index (χ3v) is 6.46. The number of nitrogens with one attached hydrogen (secondary N) is 2. The molecule has 0 spiro atoms. The van der Waals surface area contributed by atoms with Crippen LogP contribution in [0.2, 0.25) is 5.02 Å². The number of thioether (sulfide) groups is 1. The van der Waals surface area contributed by atoms with Crippen LogP contribution in [0, 0.1) is 0 Å². The van der Waals surface area contributed by atoms with Crippen LogP contribution in [0.3, 0.4) is 0 Å². The topological polar surface area (TPSA) is 71.8 Å². The SMILES string of the molecule is O=C(Nc1ccc(Cl)cc1)[C@@H]1Sc2nnc(-c3ccccc3)n2N[C@@H]1c1ccccc1. The van der Waals surface area contributed by atoms with Gasteiger partial charge in [-0.25, -0.2) is 4.68 Å². The average molecular weight is 448 g/mol. The summed E-state index contributed by atoms with van der Waals surface area (Å²) in [6.07, 6.45) is 0. The third-order valence-electron chi connectivity index (χ3n) is 5.00. The van der Waals surface area contributed by atoms with Crippen molar-refractivity contribution >= 4 is 35.0 Å². The molecule has 1 amide bonds. The standard InChI is InChI=1S/C23H18ClN5OS/c24-17-11-13-18(14-12-17)25-22(30)20-19(15-7-3-1-4-8-15)28-29-21(26-27-23(29)31-20)16-9-5-2-6-10-16/h1-14,19-20,28H,(H,25,30)/t19-,20-/m1/s1. The van der Waals surface area contributed by atoms with Gasteiger partial charge in [-0.05, 0) is 29.8 Å². The number of rotatable bonds is 4. The minimum atomic E-state index is -0.446. The highest BCUT2D eigenvalue weighted by molar-refractivity contribution is 8.00. The van der Waals surface area contributed by atoms with Crippen molar-refractivity contribution in [3.63, 3.8) is 0 Å². The van der Waals surface area contributed by atoms with Crippen LogP contribution in [0.15, 0.2) is 90.1 Å². The fourth-order valence-electron chi connectivity index (χ4n) is 3.49. The van der Waals surface area contributed by atoms with E-state index in [1.807, 2.05) is 65.3 Å². The van der Waals surface area contributed by atoms with E-state index in [0.717, 1.165) is 11.1 Å². The lowest BCUT2D eigenvalue weighted by Crippen LogP contribution is -2.41. The molecule has 31 heavy (non-hydrogen) atoms. The van der Waals surface area contributed by atoms with Gasteiger partial charge >= 0.3 is 0 Å². The van der Waals surface area contributed by atoms with Crippen LogP contribution in [0.5, 0.6) is 0 Å². The Hall–Kier alpha value is -3.29. The van der Waals surface area contributed by atoms with Gasteiger partial charge in [0.1, 0.15) is 5.25 Å². The second kappa shape index (κ2) is 8.45. The van der Waals surface area contributed by atoms with Crippen LogP contribution in [-0.4, -0.2) is 26.0 Å². The van der Waals surface area contributed by atoms with Gasteiger partial charge in [-0.3, -0.25) is 4.79 Å². The average Bonchev–Trinajstić information content (AvgIpc) is 3.24. The molecule has 3 aromatic carbocycles. The molecule has 4 aromatic rings. The predicted octanol–water partition coefficient (Wildman–Crippen LogP) is 5.00. The van der Waals surface area contributed by atoms with Crippen LogP contribution >= 0.6 is 23.4 Å². The van der Waals surface area contributed by atoms with Crippen molar-refractivity contribution in [3.8, 4) is 11.4 Å². The molecule has 154 valence electrons. The van der Waals surface area contributed by atoms with E-state index in [1.165, 1.54) is 11.8 Å². The quantitative estimate of drug-likeness (QED) is 0.460. The largest absolute Gasteiger partial charge is 0.325 e. The Balaban J connectivity index is 1.50. The van der Waals surface area contributed by atoms with Crippen LogP contribution in [0.1, 0.15) is 11.6 Å². The van der Waals surface area contributed by atoms with E-state index in [9.17, 15) is 4.79 Å². The number of fused-ring (bicyclic) bond motifs is 1. The molecule has 6 nitrogen and oxygen atoms in total. The fourth-order valence-corrected chi connectivity index (χ4v) is 4.69. The van der Waals surface area contributed by atoms with Crippen molar-refractivity contribution in [2.24, 2.45) is 0 Å². The summed E-state index contributed by atoms with van der Waals surface area (Å²) in [5.41, 5.74) is 6.12. The summed E-state index contributed by atoms with van der Waals surface area (Å²) in [5.74, 6) is 0.588. The first kappa shape index (κ1) is 19.7. The number of hydrogen-bond acceptors (Lipinski definition) is 5. The minimum Gasteiger partial charge on any atom is -0.325 e. The van der Waals surface area contributed by atoms with Crippen molar-refractivity contribution in [3.05, 3.63) is 95.5 Å². The Kier molecular flexibility index (Phi) is 5.36. The van der Waals surface area contributed by atoms with E-state index in [4.69, 9.17) is 11.6 Å². The molecule has 5 rings (SSSR count). The molecule has 2 atom stereocenters. The Morgan fingerprint density at radius 2 is 1.61 bits per heavy atom. The number of nitrogens with zero attached hydrogens (tertiary/aromatic N) is 3. The second-order valence-electron chi connectivity index (χ2n) is 7.06. The summed E-state index contributed by atoms with van der Waals surface area (Å²) >= 11 is 7.36. The lowest BCUT2D eigenvalue weighted by atomic mass is 10.0. The van der Waals surface area contributed by atoms with E-state index >= 15 is 0 Å². The first-order valence-electron chi connectivity index (χ1n) is 9.74. The van der Waals surface area contributed by atoms with E-state index in [-0.39, 0.29) is 11.9 Å². The van der Waals surface area contributed by atoms with Gasteiger partial charge in [0.15, 0.2) is 5.82 Å². The van der Waals surface area contributed by atoms with Crippen molar-refractivity contribution in [1.82, 2.24) is 14.9 Å². The van der Waals surface area contributed by atoms with Crippen LogP contribution in [0.25, 0.3) is 11.4 Å². The number of benzene rings is 3. The van der Waals surface area contributed by atoms with E-state index in [2.05, 4.69) is 20.9 Å². The van der Waals surface area contributed by atoms with E-state index in [1.54, 1.807) is 24.3 Å². The molecular weight excluding hydrogens is 430 g/mol. The predicted molar refractivity (Wildman–Crippen MR) is 124 cm³/mol. The molecule has 2 N–H and O–H groups in total. The molecule has 0 bridgehead atoms. The van der Waals surface area contributed by atoms with Gasteiger partial charge in [-0.1, -0.05) is 84.0 Å². The van der Waals surface area contributed by atoms with Gasteiger partial charge in [-0.15, -0.1) is 10.2 Å². The lowest BCUT2D eigenvalue weighted by molar-refractivity contribution is -0.116. The summed E-state index contributed by atoms with van der Waals surface area (Å²) in [6.45, 7) is 0. The number of carbonyl (C=O) groups excluding carboxylic acids is 1. The normalized spacial score (nSPS) is 17.5. The molecule has 2 heterocycles. The maximum Gasteiger partial charge on any atom is 0.240 e. The van der Waals surface area contributed by atoms with Gasteiger partial charge in [-0.2, -0.15) is 0 Å². The molecule has 0 unspecified atom stereocenters. The molecule has 8 heteroatoms. The van der Waals surface area contributed by atoms with Crippen LogP contribution < -0.4 is 10.7 Å². The maximum absolute atomic E-state index is 13.3. The van der Waals surface area contributed by atoms with Gasteiger partial charge in [0.25, 0.3) is 0 Å². The molecule has 0 aliphatic carbocycles. The number of hydrogen-bond donors (Lipinski definition) is 2. The van der Waals surface area contributed by atoms with Crippen LogP contribution in [-0.2, 0) is 4.79 Å². The zero-order chi connectivity index (χ0) is 21.2. The summed E-state index contributed by atoms with van der Waals surface area (Å²) < 4.78 is 1.86. The second-order valence-corrected chi connectivity index (χ2v) is 8.60. The smallest absolute Gasteiger partial charge is 0.240 e. The highest BCUT2D eigenvalue weighted by Gasteiger charge is 2.38. The number of anilines is 1. The number of aromatic nitrogens is 3. The first-order valence-corrected chi connectivity index (χ1v) is 11.0. The molecule has 0 saturated heterocycles. The Morgan fingerprint density at radius 1 is 0.935 bits per heavy atom. The van der Waals surface area contributed by atoms with E-state index < -0.39 is 5.25 Å². The molecule has 1 aliphatic heterocycles. The van der Waals surface area contributed by atoms with Gasteiger partial charge < -0.3 is 10.7 Å². The summed E-state index contributed by atoms with van der Waals surface area (Å²) in [6, 6.07) is 26.6. The van der Waals surface area contributed by atoms with Crippen molar-refractivity contribution in [1.29, 1.82) is 0 Å². The number of amides is 1. The zero-order valence-electron chi connectivity index (χ0n) is 16.3. The molecule has 1 aromatic heterocycles. The molecule has 0 saturated carbocycles. The van der Waals surface area contributed by atoms with Gasteiger partial charge in [0.2, 0.25) is 11.1 Å². The van der Waals surface area contributed by atoms with Gasteiger partial charge in [0, 0.05) is 16.3 Å². The minimum absolute atomic E-state index is 0.121. The highest BCUT2D eigenvalue weighted by atomic mass is 35.5. The van der Waals surface area contributed by atoms with Gasteiger partial charge in [0.05, 0.1) is 6.04 Å². The van der Waals surface area contributed by atoms with Crippen molar-refractivity contribution in [2.75, 3.05) is 10.7 Å². The highest BCUT2D eigenvalue weighted by Crippen LogP contribution is 2.39. The Labute approximate surface area is 188 Å². The summed E-state index contributed by atoms with van der Waals surface area (Å²) in [7, 11) is 0. The number of carbonyl (C=O) groups is 1. The maximum atomic E-state index is 13.3. The molecule has 0 radical (unpaired) electrons. The third kappa shape index (κ3) is 4.02. The summed E-state index contributed by atoms with van der Waals surface area (Å²) in [4.78, 5) is 13.3. The number of halogens is 1. The zero-order valence-corrected chi connectivity index (χ0v) is 17.8. The monoisotopic (exact) mass is 447 g/mol.